The molecule has 5 nitrogen and oxygen atoms in total. The maximum atomic E-state index is 13.0. The van der Waals surface area contributed by atoms with Crippen molar-refractivity contribution in [1.82, 2.24) is 5.32 Å². The Labute approximate surface area is 123 Å². The van der Waals surface area contributed by atoms with Gasteiger partial charge < -0.3 is 15.5 Å². The molecule has 1 heterocycles. The Bertz CT molecular complexity index is 521. The fourth-order valence-electron chi connectivity index (χ4n) is 2.75. The summed E-state index contributed by atoms with van der Waals surface area (Å²) in [4.78, 5) is 24.9. The first-order chi connectivity index (χ1) is 10.1. The molecule has 1 saturated heterocycles. The van der Waals surface area contributed by atoms with Crippen molar-refractivity contribution >= 4 is 17.5 Å². The van der Waals surface area contributed by atoms with Gasteiger partial charge in [0.15, 0.2) is 0 Å². The molecule has 0 bridgehead atoms. The molecule has 0 aromatic heterocycles. The lowest BCUT2D eigenvalue weighted by molar-refractivity contribution is -0.909. The molecule has 3 N–H and O–H groups in total. The van der Waals surface area contributed by atoms with E-state index in [1.54, 1.807) is 0 Å². The van der Waals surface area contributed by atoms with Gasteiger partial charge in [0.05, 0.1) is 19.6 Å². The highest BCUT2D eigenvalue weighted by Crippen LogP contribution is 2.08. The predicted molar refractivity (Wildman–Crippen MR) is 77.4 cm³/mol. The van der Waals surface area contributed by atoms with Crippen molar-refractivity contribution < 1.29 is 18.9 Å². The highest BCUT2D eigenvalue weighted by atomic mass is 19.1. The topological polar surface area (TPSA) is 62.6 Å². The second-order valence-electron chi connectivity index (χ2n) is 5.28. The van der Waals surface area contributed by atoms with Crippen molar-refractivity contribution in [1.29, 1.82) is 0 Å². The summed E-state index contributed by atoms with van der Waals surface area (Å²) in [5.74, 6) is -1.90. The van der Waals surface area contributed by atoms with E-state index < -0.39 is 17.6 Å². The molecule has 1 aromatic carbocycles. The van der Waals surface area contributed by atoms with Crippen LogP contribution in [0.4, 0.5) is 10.1 Å². The molecule has 114 valence electrons. The van der Waals surface area contributed by atoms with E-state index in [0.717, 1.165) is 25.9 Å². The summed E-state index contributed by atoms with van der Waals surface area (Å²) in [5, 5.41) is 5.04. The number of quaternary nitrogens is 1. The predicted octanol–water partition coefficient (Wildman–Crippen LogP) is -0.0524. The number of halogens is 1. The van der Waals surface area contributed by atoms with Crippen molar-refractivity contribution in [2.45, 2.75) is 25.8 Å². The maximum Gasteiger partial charge on any atom is 0.313 e. The van der Waals surface area contributed by atoms with Crippen molar-refractivity contribution in [3.8, 4) is 0 Å². The number of hydrogen-bond acceptors (Lipinski definition) is 2. The number of carbonyl (C=O) groups excluding carboxylic acids is 2. The molecular formula is C15H21FN3O2+. The van der Waals surface area contributed by atoms with Crippen LogP contribution in [0.2, 0.25) is 0 Å². The Balaban J connectivity index is 1.81. The van der Waals surface area contributed by atoms with Crippen LogP contribution in [0, 0.1) is 5.82 Å². The Hall–Kier alpha value is -1.95. The van der Waals surface area contributed by atoms with E-state index in [0.29, 0.717) is 12.6 Å². The third kappa shape index (κ3) is 4.26. The summed E-state index contributed by atoms with van der Waals surface area (Å²) in [5.41, 5.74) is 0.275. The molecule has 6 heteroatoms. The molecule has 2 atom stereocenters. The summed E-state index contributed by atoms with van der Waals surface area (Å²) in [6.45, 7) is 4.76. The van der Waals surface area contributed by atoms with Gasteiger partial charge in [-0.05, 0) is 25.1 Å². The van der Waals surface area contributed by atoms with Crippen LogP contribution in [0.1, 0.15) is 19.8 Å². The first-order valence-corrected chi connectivity index (χ1v) is 7.29. The Morgan fingerprint density at radius 2 is 2.19 bits per heavy atom. The second kappa shape index (κ2) is 7.17. The van der Waals surface area contributed by atoms with Crippen molar-refractivity contribution in [3.63, 3.8) is 0 Å². The summed E-state index contributed by atoms with van der Waals surface area (Å²) in [7, 11) is 0. The van der Waals surface area contributed by atoms with Crippen LogP contribution in [0.5, 0.6) is 0 Å². The smallest absolute Gasteiger partial charge is 0.313 e. The van der Waals surface area contributed by atoms with E-state index in [1.165, 1.54) is 29.2 Å². The van der Waals surface area contributed by atoms with Gasteiger partial charge in [0.25, 0.3) is 0 Å². The third-order valence-electron chi connectivity index (χ3n) is 3.88. The highest BCUT2D eigenvalue weighted by Gasteiger charge is 2.27. The van der Waals surface area contributed by atoms with Crippen LogP contribution < -0.4 is 15.5 Å². The number of nitrogens with one attached hydrogen (secondary N) is 3. The monoisotopic (exact) mass is 294 g/mol. The number of benzene rings is 1. The summed E-state index contributed by atoms with van der Waals surface area (Å²) >= 11 is 0. The normalized spacial score (nSPS) is 21.0. The average Bonchev–Trinajstić information content (AvgIpc) is 2.92. The molecule has 1 aliphatic rings. The largest absolute Gasteiger partial charge is 0.342 e. The number of hydrogen-bond donors (Lipinski definition) is 3. The zero-order chi connectivity index (χ0) is 15.2. The first-order valence-electron chi connectivity index (χ1n) is 7.29. The molecule has 1 aromatic rings. The van der Waals surface area contributed by atoms with Crippen LogP contribution in [0.15, 0.2) is 24.3 Å². The third-order valence-corrected chi connectivity index (χ3v) is 3.88. The molecule has 0 spiro atoms. The zero-order valence-electron chi connectivity index (χ0n) is 12.1. The zero-order valence-corrected chi connectivity index (χ0v) is 12.1. The van der Waals surface area contributed by atoms with Crippen molar-refractivity contribution in [2.24, 2.45) is 0 Å². The fraction of sp³-hybridized carbons (Fsp3) is 0.467. The lowest BCUT2D eigenvalue weighted by Gasteiger charge is -2.19. The van der Waals surface area contributed by atoms with Gasteiger partial charge in [0.2, 0.25) is 0 Å². The number of carbonyl (C=O) groups is 2. The summed E-state index contributed by atoms with van der Waals surface area (Å²) in [6, 6.07) is 5.84. The SMILES string of the molecule is CC[NH+]1CCC[C@@H]1CNC(=O)C(=O)Nc1cccc(F)c1. The van der Waals surface area contributed by atoms with Gasteiger partial charge in [-0.3, -0.25) is 9.59 Å². The average molecular weight is 294 g/mol. The molecule has 0 radical (unpaired) electrons. The molecule has 2 rings (SSSR count). The van der Waals surface area contributed by atoms with Crippen LogP contribution >= 0.6 is 0 Å². The summed E-state index contributed by atoms with van der Waals surface area (Å²) < 4.78 is 13.0. The fourth-order valence-corrected chi connectivity index (χ4v) is 2.75. The van der Waals surface area contributed by atoms with Gasteiger partial charge >= 0.3 is 11.8 Å². The first kappa shape index (κ1) is 15.4. The van der Waals surface area contributed by atoms with E-state index in [2.05, 4.69) is 17.6 Å². The van der Waals surface area contributed by atoms with Crippen LogP contribution in [0.3, 0.4) is 0 Å². The molecule has 21 heavy (non-hydrogen) atoms. The van der Waals surface area contributed by atoms with Crippen LogP contribution in [0.25, 0.3) is 0 Å². The molecule has 0 saturated carbocycles. The highest BCUT2D eigenvalue weighted by molar-refractivity contribution is 6.39. The molecule has 0 aliphatic carbocycles. The Morgan fingerprint density at radius 1 is 1.38 bits per heavy atom. The van der Waals surface area contributed by atoms with Gasteiger partial charge in [0.1, 0.15) is 11.9 Å². The number of anilines is 1. The van der Waals surface area contributed by atoms with E-state index >= 15 is 0 Å². The van der Waals surface area contributed by atoms with E-state index in [-0.39, 0.29) is 5.69 Å². The van der Waals surface area contributed by atoms with Gasteiger partial charge in [0, 0.05) is 18.5 Å². The number of amides is 2. The Kier molecular flexibility index (Phi) is 5.27. The van der Waals surface area contributed by atoms with Crippen LogP contribution in [-0.2, 0) is 9.59 Å². The number of likely N-dealkylation sites (tertiary alicyclic amines) is 1. The minimum absolute atomic E-state index is 0.275. The summed E-state index contributed by atoms with van der Waals surface area (Å²) in [6.07, 6.45) is 2.22. The van der Waals surface area contributed by atoms with Gasteiger partial charge in [-0.25, -0.2) is 4.39 Å². The van der Waals surface area contributed by atoms with Crippen molar-refractivity contribution in [2.75, 3.05) is 25.0 Å². The quantitative estimate of drug-likeness (QED) is 0.682. The Morgan fingerprint density at radius 3 is 2.90 bits per heavy atom. The van der Waals surface area contributed by atoms with E-state index in [9.17, 15) is 14.0 Å². The molecule has 1 fully saturated rings. The van der Waals surface area contributed by atoms with Gasteiger partial charge in [-0.1, -0.05) is 6.07 Å². The van der Waals surface area contributed by atoms with Crippen LogP contribution in [-0.4, -0.2) is 37.5 Å². The standard InChI is InChI=1S/C15H20FN3O2/c1-2-19-8-4-7-13(19)10-17-14(20)15(21)18-12-6-3-5-11(16)9-12/h3,5-6,9,13H,2,4,7-8,10H2,1H3,(H,17,20)(H,18,21)/p+1/t13-/m1/s1. The number of rotatable bonds is 4. The van der Waals surface area contributed by atoms with E-state index in [1.807, 2.05) is 0 Å². The van der Waals surface area contributed by atoms with Gasteiger partial charge in [-0.15, -0.1) is 0 Å². The lowest BCUT2D eigenvalue weighted by atomic mass is 10.2. The molecule has 2 amide bonds. The van der Waals surface area contributed by atoms with Crippen molar-refractivity contribution in [3.05, 3.63) is 30.1 Å². The number of likely N-dealkylation sites (N-methyl/N-ethyl adjacent to an activating group) is 1. The molecule has 1 unspecified atom stereocenters. The minimum atomic E-state index is -0.767. The minimum Gasteiger partial charge on any atom is -0.342 e. The second-order valence-corrected chi connectivity index (χ2v) is 5.28. The molecular weight excluding hydrogens is 273 g/mol. The lowest BCUT2D eigenvalue weighted by Crippen LogP contribution is -3.14. The van der Waals surface area contributed by atoms with E-state index in [4.69, 9.17) is 0 Å². The molecule has 1 aliphatic heterocycles. The maximum absolute atomic E-state index is 13.0. The van der Waals surface area contributed by atoms with Gasteiger partial charge in [-0.2, -0.15) is 0 Å².